The van der Waals surface area contributed by atoms with Gasteiger partial charge in [0.2, 0.25) is 6.29 Å². The number of rotatable bonds is 8. The van der Waals surface area contributed by atoms with Crippen LogP contribution in [0.3, 0.4) is 0 Å². The predicted octanol–water partition coefficient (Wildman–Crippen LogP) is 4.84. The molecule has 0 unspecified atom stereocenters. The van der Waals surface area contributed by atoms with Gasteiger partial charge in [-0.05, 0) is 75.4 Å². The molecular formula is C28H32F2N2O7. The Balaban J connectivity index is 1.57. The van der Waals surface area contributed by atoms with E-state index in [9.17, 15) is 28.5 Å². The second-order valence-corrected chi connectivity index (χ2v) is 10.3. The summed E-state index contributed by atoms with van der Waals surface area (Å²) < 4.78 is 44.9. The molecule has 0 spiro atoms. The largest absolute Gasteiger partial charge is 0.466 e. The van der Waals surface area contributed by atoms with Crippen molar-refractivity contribution in [3.8, 4) is 0 Å². The molecular weight excluding hydrogens is 514 g/mol. The third kappa shape index (κ3) is 6.59. The van der Waals surface area contributed by atoms with Crippen LogP contribution >= 0.6 is 0 Å². The third-order valence-electron chi connectivity index (χ3n) is 7.47. The zero-order valence-corrected chi connectivity index (χ0v) is 21.9. The highest BCUT2D eigenvalue weighted by Crippen LogP contribution is 2.40. The molecule has 2 aromatic rings. The topological polar surface area (TPSA) is 108 Å². The summed E-state index contributed by atoms with van der Waals surface area (Å²) in [6, 6.07) is 8.55. The summed E-state index contributed by atoms with van der Waals surface area (Å²) in [6.45, 7) is 6.00. The molecule has 39 heavy (non-hydrogen) atoms. The Labute approximate surface area is 225 Å². The molecule has 2 aliphatic heterocycles. The lowest BCUT2D eigenvalue weighted by Gasteiger charge is -2.43. The van der Waals surface area contributed by atoms with Crippen LogP contribution in [0, 0.1) is 33.1 Å². The number of hydrogen-bond acceptors (Lipinski definition) is 8. The minimum absolute atomic E-state index is 0.0941. The molecule has 4 rings (SSSR count). The third-order valence-corrected chi connectivity index (χ3v) is 7.47. The second-order valence-electron chi connectivity index (χ2n) is 10.3. The first-order valence-electron chi connectivity index (χ1n) is 13.0. The fraction of sp³-hybridized carbons (Fsp3) is 0.500. The van der Waals surface area contributed by atoms with Crippen LogP contribution in [0.15, 0.2) is 42.5 Å². The van der Waals surface area contributed by atoms with Crippen LogP contribution in [-0.4, -0.2) is 60.9 Å². The molecule has 2 heterocycles. The Morgan fingerprint density at radius 1 is 1.18 bits per heavy atom. The van der Waals surface area contributed by atoms with Gasteiger partial charge in [-0.2, -0.15) is 0 Å². The molecule has 4 atom stereocenters. The van der Waals surface area contributed by atoms with Gasteiger partial charge in [-0.15, -0.1) is 0 Å². The summed E-state index contributed by atoms with van der Waals surface area (Å²) in [6.07, 6.45) is 0.977. The van der Waals surface area contributed by atoms with Crippen molar-refractivity contribution in [2.45, 2.75) is 45.3 Å². The van der Waals surface area contributed by atoms with E-state index in [-0.39, 0.29) is 29.7 Å². The highest BCUT2D eigenvalue weighted by molar-refractivity contribution is 5.89. The average molecular weight is 547 g/mol. The molecule has 0 N–H and O–H groups in total. The molecule has 0 radical (unpaired) electrons. The quantitative estimate of drug-likeness (QED) is 0.263. The summed E-state index contributed by atoms with van der Waals surface area (Å²) in [4.78, 5) is 38.1. The van der Waals surface area contributed by atoms with Gasteiger partial charge in [0.05, 0.1) is 35.0 Å². The summed E-state index contributed by atoms with van der Waals surface area (Å²) in [5.74, 6) is -3.79. The number of carbonyl (C=O) groups is 2. The van der Waals surface area contributed by atoms with Crippen molar-refractivity contribution in [1.29, 1.82) is 0 Å². The standard InChI is InChI=1S/C28H32F2N2O7/c1-3-37-27(34)28(2)12-4-13-31(17-28)16-20-11-14-38-26(24(20)19-7-10-22(29)23(30)15-19)39-25(33)18-5-8-21(9-6-18)32(35)36/h5-10,15,20,24,26H,3-4,11-14,16-17H2,1-2H3/t20-,24-,26+,28+/m0/s1. The first kappa shape index (κ1) is 28.6. The van der Waals surface area contributed by atoms with E-state index in [2.05, 4.69) is 4.90 Å². The molecule has 11 heteroatoms. The van der Waals surface area contributed by atoms with E-state index in [0.29, 0.717) is 38.1 Å². The lowest BCUT2D eigenvalue weighted by molar-refractivity contribution is -0.384. The highest BCUT2D eigenvalue weighted by Gasteiger charge is 2.43. The Bertz CT molecular complexity index is 1210. The molecule has 0 aromatic heterocycles. The van der Waals surface area contributed by atoms with Gasteiger partial charge in [-0.25, -0.2) is 13.6 Å². The number of nitro benzene ring substituents is 1. The van der Waals surface area contributed by atoms with Crippen LogP contribution in [-0.2, 0) is 19.0 Å². The summed E-state index contributed by atoms with van der Waals surface area (Å²) in [5, 5.41) is 10.9. The number of hydrogen-bond donors (Lipinski definition) is 0. The first-order chi connectivity index (χ1) is 18.6. The minimum Gasteiger partial charge on any atom is -0.466 e. The molecule has 0 bridgehead atoms. The van der Waals surface area contributed by atoms with E-state index >= 15 is 0 Å². The molecule has 210 valence electrons. The number of piperidine rings is 1. The lowest BCUT2D eigenvalue weighted by atomic mass is 9.78. The SMILES string of the molecule is CCOC(=O)[C@]1(C)CCCN(C[C@@H]2CCO[C@H](OC(=O)c3ccc([N+](=O)[O-])cc3)[C@H]2c2ccc(F)c(F)c2)C1. The number of nitro groups is 1. The number of nitrogens with zero attached hydrogens (tertiary/aromatic N) is 2. The molecule has 2 fully saturated rings. The fourth-order valence-electron chi connectivity index (χ4n) is 5.50. The van der Waals surface area contributed by atoms with E-state index < -0.39 is 40.1 Å². The zero-order chi connectivity index (χ0) is 28.2. The lowest BCUT2D eigenvalue weighted by Crippen LogP contribution is -2.50. The molecule has 2 aromatic carbocycles. The Morgan fingerprint density at radius 3 is 2.59 bits per heavy atom. The van der Waals surface area contributed by atoms with Gasteiger partial charge in [-0.1, -0.05) is 6.07 Å². The van der Waals surface area contributed by atoms with E-state index in [0.717, 1.165) is 25.1 Å². The van der Waals surface area contributed by atoms with E-state index in [1.807, 2.05) is 6.92 Å². The Morgan fingerprint density at radius 2 is 1.92 bits per heavy atom. The number of likely N-dealkylation sites (tertiary alicyclic amines) is 1. The van der Waals surface area contributed by atoms with Crippen LogP contribution in [0.4, 0.5) is 14.5 Å². The van der Waals surface area contributed by atoms with Crippen molar-refractivity contribution < 1.29 is 37.5 Å². The average Bonchev–Trinajstić information content (AvgIpc) is 2.91. The fourth-order valence-corrected chi connectivity index (χ4v) is 5.50. The first-order valence-corrected chi connectivity index (χ1v) is 13.0. The van der Waals surface area contributed by atoms with E-state index in [1.54, 1.807) is 6.92 Å². The molecule has 2 saturated heterocycles. The van der Waals surface area contributed by atoms with Crippen molar-refractivity contribution in [3.05, 3.63) is 75.3 Å². The molecule has 2 aliphatic rings. The van der Waals surface area contributed by atoms with Gasteiger partial charge in [-0.3, -0.25) is 14.9 Å². The number of carbonyl (C=O) groups excluding carboxylic acids is 2. The second kappa shape index (κ2) is 12.2. The Hall–Kier alpha value is -3.44. The maximum atomic E-state index is 14.3. The van der Waals surface area contributed by atoms with Gasteiger partial charge in [0.1, 0.15) is 0 Å². The van der Waals surface area contributed by atoms with E-state index in [4.69, 9.17) is 14.2 Å². The van der Waals surface area contributed by atoms with Gasteiger partial charge < -0.3 is 19.1 Å². The maximum absolute atomic E-state index is 14.3. The summed E-state index contributed by atoms with van der Waals surface area (Å²) in [5.41, 5.74) is -0.308. The minimum atomic E-state index is -1.10. The monoisotopic (exact) mass is 546 g/mol. The van der Waals surface area contributed by atoms with Crippen molar-refractivity contribution in [2.75, 3.05) is 32.8 Å². The predicted molar refractivity (Wildman–Crippen MR) is 136 cm³/mol. The van der Waals surface area contributed by atoms with Crippen LogP contribution in [0.2, 0.25) is 0 Å². The number of esters is 2. The zero-order valence-electron chi connectivity index (χ0n) is 21.9. The highest BCUT2D eigenvalue weighted by atomic mass is 19.2. The number of ether oxygens (including phenoxy) is 3. The molecule has 0 saturated carbocycles. The van der Waals surface area contributed by atoms with Crippen molar-refractivity contribution in [1.82, 2.24) is 4.90 Å². The molecule has 0 aliphatic carbocycles. The number of halogens is 2. The number of benzene rings is 2. The van der Waals surface area contributed by atoms with Gasteiger partial charge in [0.25, 0.3) is 5.69 Å². The van der Waals surface area contributed by atoms with Gasteiger partial charge in [0, 0.05) is 25.2 Å². The van der Waals surface area contributed by atoms with E-state index in [1.165, 1.54) is 30.3 Å². The van der Waals surface area contributed by atoms with Crippen LogP contribution in [0.1, 0.15) is 54.9 Å². The van der Waals surface area contributed by atoms with Crippen molar-refractivity contribution in [2.24, 2.45) is 11.3 Å². The molecule has 9 nitrogen and oxygen atoms in total. The van der Waals surface area contributed by atoms with Gasteiger partial charge in [0.15, 0.2) is 11.6 Å². The summed E-state index contributed by atoms with van der Waals surface area (Å²) in [7, 11) is 0. The number of non-ortho nitro benzene ring substituents is 1. The normalized spacial score (nSPS) is 25.6. The van der Waals surface area contributed by atoms with Crippen molar-refractivity contribution >= 4 is 17.6 Å². The smallest absolute Gasteiger partial charge is 0.340 e. The molecule has 0 amide bonds. The van der Waals surface area contributed by atoms with Crippen LogP contribution in [0.25, 0.3) is 0 Å². The maximum Gasteiger partial charge on any atom is 0.340 e. The Kier molecular flexibility index (Phi) is 8.91. The van der Waals surface area contributed by atoms with Crippen LogP contribution < -0.4 is 0 Å². The van der Waals surface area contributed by atoms with Gasteiger partial charge >= 0.3 is 11.9 Å². The summed E-state index contributed by atoms with van der Waals surface area (Å²) >= 11 is 0. The van der Waals surface area contributed by atoms with Crippen LogP contribution in [0.5, 0.6) is 0 Å². The van der Waals surface area contributed by atoms with Crippen molar-refractivity contribution in [3.63, 3.8) is 0 Å².